The van der Waals surface area contributed by atoms with E-state index in [9.17, 15) is 0 Å². The molecule has 8 heterocycles. The first kappa shape index (κ1) is 84.5. The molecule has 16 heteroatoms. The fourth-order valence-electron chi connectivity index (χ4n) is 14.6. The number of aryl methyl sites for hydroxylation is 1. The summed E-state index contributed by atoms with van der Waals surface area (Å²) in [5, 5.41) is 6.03. The third-order valence-electron chi connectivity index (χ3n) is 20.9. The van der Waals surface area contributed by atoms with Crippen molar-refractivity contribution in [3.63, 3.8) is 0 Å². The van der Waals surface area contributed by atoms with Crippen LogP contribution in [0.25, 0.3) is 90.1 Å². The van der Waals surface area contributed by atoms with Crippen molar-refractivity contribution in [2.45, 2.75) is 191 Å². The average molecular weight is 2590 g/mol. The van der Waals surface area contributed by atoms with Crippen LogP contribution in [0.5, 0.6) is 0 Å². The Morgan fingerprint density at radius 3 is 0.912 bits per heavy atom. The Hall–Kier alpha value is -9.58. The van der Waals surface area contributed by atoms with Gasteiger partial charge in [-0.15, -0.1) is 287 Å². The number of benzene rings is 8. The second kappa shape index (κ2) is 59.0. The normalized spacial score (nSPS) is 13.8. The maximum absolute atomic E-state index is 7.72. The van der Waals surface area contributed by atoms with Crippen LogP contribution in [0.2, 0.25) is 78.6 Å². The number of pyridine rings is 8. The van der Waals surface area contributed by atoms with Crippen molar-refractivity contribution in [2.24, 2.45) is 17.3 Å². The van der Waals surface area contributed by atoms with Gasteiger partial charge in [0.15, 0.2) is 0 Å². The summed E-state index contributed by atoms with van der Waals surface area (Å²) in [6.45, 7) is 42.6. The molecule has 8 aromatic heterocycles. The fraction of sp³-hybridized carbons (Fsp3) is 0.267. The molecule has 8 nitrogen and oxygen atoms in total. The minimum Gasteiger partial charge on any atom is -0.305 e. The molecule has 1 fully saturated rings. The number of aromatic nitrogens is 8. The average Bonchev–Trinajstić information content (AvgIpc) is 0.826. The second-order valence-corrected chi connectivity index (χ2v) is 57.8. The Kier molecular flexibility index (Phi) is 36.7. The molecule has 0 spiro atoms. The molecule has 0 atom stereocenters. The van der Waals surface area contributed by atoms with Crippen LogP contribution in [0, 0.1) is 65.8 Å². The van der Waals surface area contributed by atoms with E-state index in [4.69, 9.17) is 45.1 Å². The SMILES string of the molecule is CC(C)(C)Cc1cc(-c2[c-]cccc2)ncc1[Si](C)(C)C.CC(C)Cc1cc(-c2[c-]cccc2)ncc1[Si](C)(C)C.CCCCCc1cc(-c2[c-]cccc2)ncc1[Si](C)(C)C.C[Si](C)(C)c1cnc(-c2[c-]cccc2)cc1CC1CCCC1.[2H]c1[c-]c(-c2nc([2H])c([2H])c([2H])c2[2H])cc([2H])c1[2H].[2H]c1[c-]c(-c2nc([2H])c([2H])c([2H])c2[2H])cc([2H])c1[2H].[2H]c1nc(-c2[c-]cccc2)c([2H])c([2H])c1[2H].[2H]c1nc(-c2[c-]cccc2)c([2H])c([2H])c1[2H].[Ir].[Ir].[Ir].[Ir]. The summed E-state index contributed by atoms with van der Waals surface area (Å²) in [7, 11) is -5.40. The predicted molar refractivity (Wildman–Crippen MR) is 571 cm³/mol. The molecule has 17 rings (SSSR count). The zero-order valence-corrected chi connectivity index (χ0v) is 94.6. The van der Waals surface area contributed by atoms with Crippen LogP contribution in [0.3, 0.4) is 0 Å². The Bertz CT molecular complexity index is 7170. The molecule has 0 N–H and O–H groups in total. The standard InChI is InChI=1S/C20H26NSi.2C19H26NSi.C18H24NSi.4C11H8N.4Ir/c1-22(2,3)20-15-21-19(17-11-5-4-6-12-17)14-18(20)13-16-9-7-8-10-16;1-19(2,3)13-16-12-17(15-10-8-7-9-11-15)20-14-18(16)21(4,5)6;1-5-6-8-13-17-14-18(16-11-9-7-10-12-16)20-15-19(17)21(2,3)4;1-14(2)11-16-12-17(15-9-7-6-8-10-15)19-13-18(16)20(3,4)5;4*1-2-6-10(7-3-1)11-8-4-5-9-12-11;;;;/h4-6,11,14-16H,7-10,13H2,1-3H3;7-10,12,14H,13H2,1-6H3;7,9-11,14-15H,5-6,8,13H2,1-4H3;6-9,12-14H,11H2,1-5H3;4*1-6,8-9H;;;;/q8*-1;;;;/i;;;;2*1D,2D,3D,4D,5D,8D,9D;2*4D,5D,8D,9D;;;;. The summed E-state index contributed by atoms with van der Waals surface area (Å²) in [6, 6.07) is 76.3. The van der Waals surface area contributed by atoms with Crippen LogP contribution in [-0.4, -0.2) is 72.2 Å². The van der Waals surface area contributed by atoms with Gasteiger partial charge in [-0.3, -0.25) is 0 Å². The molecule has 136 heavy (non-hydrogen) atoms. The third kappa shape index (κ3) is 39.4. The van der Waals surface area contributed by atoms with E-state index < -0.39 is 68.8 Å². The first-order valence-electron chi connectivity index (χ1n) is 56.1. The minimum absolute atomic E-state index is 0. The van der Waals surface area contributed by atoms with Crippen molar-refractivity contribution < 1.29 is 111 Å². The Morgan fingerprint density at radius 1 is 0.331 bits per heavy atom. The number of nitrogens with zero attached hydrogens (tertiary/aromatic N) is 8. The van der Waals surface area contributed by atoms with Crippen LogP contribution in [0.15, 0.2) is 340 Å². The van der Waals surface area contributed by atoms with Gasteiger partial charge in [0.25, 0.3) is 0 Å². The van der Waals surface area contributed by atoms with E-state index in [0.717, 1.165) is 63.8 Å². The van der Waals surface area contributed by atoms with Gasteiger partial charge in [-0.25, -0.2) is 0 Å². The van der Waals surface area contributed by atoms with Crippen molar-refractivity contribution in [3.8, 4) is 90.1 Å². The molecule has 1 aliphatic carbocycles. The van der Waals surface area contributed by atoms with Gasteiger partial charge in [0.05, 0.1) is 54.2 Å². The maximum atomic E-state index is 7.72. The van der Waals surface area contributed by atoms with Crippen LogP contribution >= 0.6 is 0 Å². The molecule has 8 aromatic carbocycles. The summed E-state index contributed by atoms with van der Waals surface area (Å²) in [5.74, 6) is 1.55. The smallest absolute Gasteiger partial charge is 0.0830 e. The summed E-state index contributed by atoms with van der Waals surface area (Å²) >= 11 is 0. The van der Waals surface area contributed by atoms with E-state index in [0.29, 0.717) is 17.0 Å². The van der Waals surface area contributed by atoms with Crippen LogP contribution in [0.4, 0.5) is 0 Å². The molecule has 0 aliphatic heterocycles. The summed E-state index contributed by atoms with van der Waals surface area (Å²) < 4.78 is 165. The van der Waals surface area contributed by atoms with E-state index in [2.05, 4.69) is 279 Å². The van der Waals surface area contributed by atoms with Gasteiger partial charge >= 0.3 is 0 Å². The molecule has 1 saturated carbocycles. The Balaban J connectivity index is 0.000000274. The van der Waals surface area contributed by atoms with Gasteiger partial charge in [-0.05, 0) is 143 Å². The van der Waals surface area contributed by atoms with Crippen molar-refractivity contribution in [1.29, 1.82) is 0 Å². The van der Waals surface area contributed by atoms with E-state index in [1.54, 1.807) is 59.3 Å². The van der Waals surface area contributed by atoms with Crippen molar-refractivity contribution >= 4 is 53.0 Å². The summed E-state index contributed by atoms with van der Waals surface area (Å²) in [5.41, 5.74) is 16.5. The quantitative estimate of drug-likeness (QED) is 0.0398. The first-order valence-corrected chi connectivity index (χ1v) is 59.1. The molecule has 0 unspecified atom stereocenters. The van der Waals surface area contributed by atoms with Gasteiger partial charge in [0, 0.05) is 135 Å². The molecule has 1 aliphatic rings. The molecule has 0 amide bonds. The third-order valence-corrected chi connectivity index (χ3v) is 29.2. The van der Waals surface area contributed by atoms with Crippen molar-refractivity contribution in [1.82, 2.24) is 39.9 Å². The largest absolute Gasteiger partial charge is 0.305 e. The van der Waals surface area contributed by atoms with Crippen molar-refractivity contribution in [2.75, 3.05) is 0 Å². The fourth-order valence-corrected chi connectivity index (χ4v) is 21.0. The summed E-state index contributed by atoms with van der Waals surface area (Å²) in [4.78, 5) is 34.0. The first-order chi connectivity index (χ1) is 72.5. The Morgan fingerprint density at radius 2 is 0.618 bits per heavy atom. The minimum atomic E-state index is -1.37. The van der Waals surface area contributed by atoms with Gasteiger partial charge < -0.3 is 39.9 Å². The predicted octanol–water partition coefficient (Wildman–Crippen LogP) is 28.8. The van der Waals surface area contributed by atoms with Gasteiger partial charge in [-0.1, -0.05) is 253 Å². The molecule has 0 bridgehead atoms. The number of unbranched alkanes of at least 4 members (excludes halogenated alkanes) is 2. The van der Waals surface area contributed by atoms with E-state index >= 15 is 0 Å². The molecular formula is C120H134Ir4N8Si4-8. The zero-order chi connectivity index (χ0) is 113. The van der Waals surface area contributed by atoms with Crippen molar-refractivity contribution in [3.05, 3.63) is 411 Å². The number of hydrogen-bond acceptors (Lipinski definition) is 8. The number of rotatable bonds is 21. The molecule has 714 valence electrons. The topological polar surface area (TPSA) is 103 Å². The zero-order valence-electron chi connectivity index (χ0n) is 103. The van der Waals surface area contributed by atoms with Gasteiger partial charge in [-0.2, -0.15) is 0 Å². The molecule has 0 saturated heterocycles. The summed E-state index contributed by atoms with van der Waals surface area (Å²) in [6.07, 6.45) is 21.2. The van der Waals surface area contributed by atoms with Crippen LogP contribution in [-0.2, 0) is 106 Å². The van der Waals surface area contributed by atoms with Gasteiger partial charge in [0.2, 0.25) is 0 Å². The van der Waals surface area contributed by atoms with E-state index in [1.165, 1.54) is 102 Å². The van der Waals surface area contributed by atoms with Crippen LogP contribution in [0.1, 0.15) is 139 Å². The van der Waals surface area contributed by atoms with Crippen LogP contribution < -0.4 is 20.7 Å². The van der Waals surface area contributed by atoms with E-state index in [-0.39, 0.29) is 217 Å². The monoisotopic (exact) mass is 2590 g/mol. The number of hydrogen-bond donors (Lipinski definition) is 0. The molecule has 16 aromatic rings. The second-order valence-electron chi connectivity index (χ2n) is 37.7. The maximum Gasteiger partial charge on any atom is 0.0830 e. The molecule has 4 radical (unpaired) electrons. The molecular weight excluding hydrogens is 2430 g/mol. The van der Waals surface area contributed by atoms with Gasteiger partial charge in [0.1, 0.15) is 0 Å². The van der Waals surface area contributed by atoms with E-state index in [1.807, 2.05) is 60.7 Å². The Labute approximate surface area is 905 Å².